The molecule has 17 heavy (non-hydrogen) atoms. The molecular weight excluding hydrogens is 210 g/mol. The summed E-state index contributed by atoms with van der Waals surface area (Å²) >= 11 is 0. The third-order valence-electron chi connectivity index (χ3n) is 3.64. The lowest BCUT2D eigenvalue weighted by atomic mass is 9.95. The van der Waals surface area contributed by atoms with Gasteiger partial charge in [0.05, 0.1) is 0 Å². The number of rotatable bonds is 3. The zero-order valence-electron chi connectivity index (χ0n) is 10.6. The smallest absolute Gasteiger partial charge is 0.144 e. The zero-order chi connectivity index (χ0) is 12.3. The second-order valence-corrected chi connectivity index (χ2v) is 5.15. The van der Waals surface area contributed by atoms with Gasteiger partial charge in [-0.25, -0.2) is 4.98 Å². The van der Waals surface area contributed by atoms with Crippen molar-refractivity contribution in [2.24, 2.45) is 11.8 Å². The van der Waals surface area contributed by atoms with Crippen LogP contribution in [0.2, 0.25) is 0 Å². The van der Waals surface area contributed by atoms with E-state index in [4.69, 9.17) is 5.26 Å². The molecule has 3 heteroatoms. The largest absolute Gasteiger partial charge is 0.299 e. The van der Waals surface area contributed by atoms with Crippen molar-refractivity contribution in [3.63, 3.8) is 0 Å². The van der Waals surface area contributed by atoms with Gasteiger partial charge in [0.1, 0.15) is 11.8 Å². The van der Waals surface area contributed by atoms with Crippen LogP contribution < -0.4 is 0 Å². The summed E-state index contributed by atoms with van der Waals surface area (Å²) in [4.78, 5) is 6.54. The molecule has 0 saturated carbocycles. The predicted octanol–water partition coefficient (Wildman–Crippen LogP) is 2.43. The first-order valence-corrected chi connectivity index (χ1v) is 6.27. The Morgan fingerprint density at radius 3 is 3.06 bits per heavy atom. The maximum Gasteiger partial charge on any atom is 0.144 e. The van der Waals surface area contributed by atoms with Gasteiger partial charge in [-0.15, -0.1) is 0 Å². The van der Waals surface area contributed by atoms with Crippen LogP contribution in [0.4, 0.5) is 0 Å². The fourth-order valence-electron chi connectivity index (χ4n) is 2.46. The molecule has 1 aliphatic rings. The fraction of sp³-hybridized carbons (Fsp3) is 0.571. The molecule has 0 N–H and O–H groups in total. The Kier molecular flexibility index (Phi) is 3.75. The first-order valence-electron chi connectivity index (χ1n) is 6.27. The van der Waals surface area contributed by atoms with Gasteiger partial charge in [0, 0.05) is 24.8 Å². The molecule has 0 aromatic carbocycles. The molecule has 1 aromatic heterocycles. The van der Waals surface area contributed by atoms with Crippen LogP contribution in [0.25, 0.3) is 0 Å². The number of pyridine rings is 1. The summed E-state index contributed by atoms with van der Waals surface area (Å²) in [7, 11) is 0. The van der Waals surface area contributed by atoms with E-state index < -0.39 is 0 Å². The summed E-state index contributed by atoms with van der Waals surface area (Å²) in [6, 6.07) is 6.08. The quantitative estimate of drug-likeness (QED) is 0.799. The van der Waals surface area contributed by atoms with Gasteiger partial charge in [0.2, 0.25) is 0 Å². The molecular formula is C14H19N3. The number of likely N-dealkylation sites (tertiary alicyclic amines) is 1. The number of nitriles is 1. The number of hydrogen-bond acceptors (Lipinski definition) is 3. The molecule has 1 saturated heterocycles. The number of hydrogen-bond donors (Lipinski definition) is 0. The van der Waals surface area contributed by atoms with Crippen LogP contribution in [0.15, 0.2) is 18.3 Å². The van der Waals surface area contributed by atoms with E-state index in [9.17, 15) is 0 Å². The number of aromatic nitrogens is 1. The van der Waals surface area contributed by atoms with E-state index in [0.29, 0.717) is 5.69 Å². The molecule has 3 nitrogen and oxygen atoms in total. The minimum atomic E-state index is 0.570. The Bertz CT molecular complexity index is 420. The van der Waals surface area contributed by atoms with Crippen molar-refractivity contribution in [2.45, 2.75) is 26.8 Å². The maximum atomic E-state index is 9.00. The number of nitrogens with zero attached hydrogens (tertiary/aromatic N) is 3. The van der Waals surface area contributed by atoms with Crippen LogP contribution in [-0.4, -0.2) is 23.0 Å². The highest BCUT2D eigenvalue weighted by Crippen LogP contribution is 2.25. The average Bonchev–Trinajstić information content (AvgIpc) is 2.78. The van der Waals surface area contributed by atoms with E-state index in [1.807, 2.05) is 12.1 Å². The Balaban J connectivity index is 2.01. The SMILES string of the molecule is CC(C)C1CCN(Cc2cccnc2C#N)C1. The lowest BCUT2D eigenvalue weighted by molar-refractivity contribution is 0.296. The lowest BCUT2D eigenvalue weighted by Crippen LogP contribution is -2.22. The molecule has 0 spiro atoms. The molecule has 0 aliphatic carbocycles. The van der Waals surface area contributed by atoms with Gasteiger partial charge in [0.25, 0.3) is 0 Å². The first kappa shape index (κ1) is 12.1. The van der Waals surface area contributed by atoms with Crippen LogP contribution in [0, 0.1) is 23.2 Å². The van der Waals surface area contributed by atoms with E-state index in [2.05, 4.69) is 29.8 Å². The fourth-order valence-corrected chi connectivity index (χ4v) is 2.46. The van der Waals surface area contributed by atoms with Crippen LogP contribution in [0.1, 0.15) is 31.5 Å². The minimum absolute atomic E-state index is 0.570. The summed E-state index contributed by atoms with van der Waals surface area (Å²) in [5.41, 5.74) is 1.62. The van der Waals surface area contributed by atoms with E-state index in [1.165, 1.54) is 6.42 Å². The van der Waals surface area contributed by atoms with Gasteiger partial charge in [0.15, 0.2) is 0 Å². The van der Waals surface area contributed by atoms with Crippen molar-refractivity contribution in [1.29, 1.82) is 5.26 Å². The highest BCUT2D eigenvalue weighted by atomic mass is 15.1. The topological polar surface area (TPSA) is 39.9 Å². The lowest BCUT2D eigenvalue weighted by Gasteiger charge is -2.18. The second kappa shape index (κ2) is 5.29. The Morgan fingerprint density at radius 1 is 1.59 bits per heavy atom. The molecule has 2 rings (SSSR count). The van der Waals surface area contributed by atoms with Gasteiger partial charge in [-0.2, -0.15) is 5.26 Å². The van der Waals surface area contributed by atoms with Crippen molar-refractivity contribution < 1.29 is 0 Å². The molecule has 0 bridgehead atoms. The van der Waals surface area contributed by atoms with Crippen molar-refractivity contribution in [2.75, 3.05) is 13.1 Å². The van der Waals surface area contributed by atoms with Crippen molar-refractivity contribution in [3.05, 3.63) is 29.6 Å². The highest BCUT2D eigenvalue weighted by molar-refractivity contribution is 5.30. The second-order valence-electron chi connectivity index (χ2n) is 5.15. The van der Waals surface area contributed by atoms with Crippen molar-refractivity contribution >= 4 is 0 Å². The van der Waals surface area contributed by atoms with Crippen LogP contribution in [-0.2, 0) is 6.54 Å². The van der Waals surface area contributed by atoms with Gasteiger partial charge in [-0.05, 0) is 30.9 Å². The predicted molar refractivity (Wildman–Crippen MR) is 67.2 cm³/mol. The van der Waals surface area contributed by atoms with Crippen molar-refractivity contribution in [1.82, 2.24) is 9.88 Å². The molecule has 0 amide bonds. The van der Waals surface area contributed by atoms with E-state index >= 15 is 0 Å². The Labute approximate surface area is 103 Å². The zero-order valence-corrected chi connectivity index (χ0v) is 10.6. The third-order valence-corrected chi connectivity index (χ3v) is 3.64. The molecule has 90 valence electrons. The molecule has 1 aromatic rings. The summed E-state index contributed by atoms with van der Waals surface area (Å²) in [5, 5.41) is 9.00. The molecule has 0 radical (unpaired) electrons. The maximum absolute atomic E-state index is 9.00. The normalized spacial score (nSPS) is 20.7. The van der Waals surface area contributed by atoms with Gasteiger partial charge >= 0.3 is 0 Å². The van der Waals surface area contributed by atoms with Crippen LogP contribution in [0.5, 0.6) is 0 Å². The summed E-state index contributed by atoms with van der Waals surface area (Å²) in [6.45, 7) is 7.73. The van der Waals surface area contributed by atoms with Gasteiger partial charge in [-0.3, -0.25) is 4.90 Å². The van der Waals surface area contributed by atoms with Gasteiger partial charge in [-0.1, -0.05) is 19.9 Å². The molecule has 1 fully saturated rings. The van der Waals surface area contributed by atoms with E-state index in [-0.39, 0.29) is 0 Å². The molecule has 1 atom stereocenters. The standard InChI is InChI=1S/C14H19N3/c1-11(2)12-5-7-17(9-12)10-13-4-3-6-16-14(13)8-15/h3-4,6,11-12H,5,7,9-10H2,1-2H3. The monoisotopic (exact) mass is 229 g/mol. The van der Waals surface area contributed by atoms with Gasteiger partial charge < -0.3 is 0 Å². The Morgan fingerprint density at radius 2 is 2.41 bits per heavy atom. The Hall–Kier alpha value is -1.40. The highest BCUT2D eigenvalue weighted by Gasteiger charge is 2.25. The molecule has 1 aliphatic heterocycles. The van der Waals surface area contributed by atoms with Crippen molar-refractivity contribution in [3.8, 4) is 6.07 Å². The van der Waals surface area contributed by atoms with Crippen LogP contribution in [0.3, 0.4) is 0 Å². The molecule has 2 heterocycles. The summed E-state index contributed by atoms with van der Waals surface area (Å²) in [6.07, 6.45) is 2.96. The summed E-state index contributed by atoms with van der Waals surface area (Å²) < 4.78 is 0. The van der Waals surface area contributed by atoms with Crippen LogP contribution >= 0.6 is 0 Å². The molecule has 1 unspecified atom stereocenters. The van der Waals surface area contributed by atoms with E-state index in [0.717, 1.165) is 37.0 Å². The minimum Gasteiger partial charge on any atom is -0.299 e. The summed E-state index contributed by atoms with van der Waals surface area (Å²) in [5.74, 6) is 1.56. The first-order chi connectivity index (χ1) is 8.20. The van der Waals surface area contributed by atoms with E-state index in [1.54, 1.807) is 6.20 Å². The third kappa shape index (κ3) is 2.83. The average molecular weight is 229 g/mol.